The van der Waals surface area contributed by atoms with Crippen LogP contribution in [0.25, 0.3) is 0 Å². The lowest BCUT2D eigenvalue weighted by atomic mass is 9.98. The molecule has 1 unspecified atom stereocenters. The molecular weight excluding hydrogens is 354 g/mol. The standard InChI is InChI=1S/C14H21N3S.C4H4O4/c1-16(2)8-6-11-9-13-12(5-4-7-15-13)14(18)17(3)10-11;5-3(6)1-2-4(7)8/h4-5,7,11H,6,8-10H2,1-3H3;1-2H,(H,5,6)(H,7,8)/b;2-1+. The Bertz CT molecular complexity index is 660. The maximum absolute atomic E-state index is 9.55. The topological polar surface area (TPSA) is 94.0 Å². The van der Waals surface area contributed by atoms with Gasteiger partial charge in [-0.2, -0.15) is 0 Å². The minimum Gasteiger partial charge on any atom is -0.478 e. The lowest BCUT2D eigenvalue weighted by Gasteiger charge is -2.23. The molecule has 26 heavy (non-hydrogen) atoms. The molecule has 142 valence electrons. The molecule has 0 amide bonds. The summed E-state index contributed by atoms with van der Waals surface area (Å²) in [6, 6.07) is 4.06. The van der Waals surface area contributed by atoms with Crippen molar-refractivity contribution in [2.45, 2.75) is 12.8 Å². The van der Waals surface area contributed by atoms with Gasteiger partial charge in [-0.25, -0.2) is 9.59 Å². The Morgan fingerprint density at radius 3 is 2.50 bits per heavy atom. The fourth-order valence-electron chi connectivity index (χ4n) is 2.59. The van der Waals surface area contributed by atoms with Gasteiger partial charge in [-0.15, -0.1) is 0 Å². The molecule has 0 saturated carbocycles. The van der Waals surface area contributed by atoms with E-state index in [1.165, 1.54) is 6.42 Å². The van der Waals surface area contributed by atoms with Gasteiger partial charge >= 0.3 is 11.9 Å². The molecule has 1 aromatic rings. The van der Waals surface area contributed by atoms with Crippen LogP contribution in [0.2, 0.25) is 0 Å². The number of hydrogen-bond acceptors (Lipinski definition) is 5. The molecule has 7 nitrogen and oxygen atoms in total. The van der Waals surface area contributed by atoms with E-state index in [0.717, 1.165) is 35.8 Å². The number of carboxylic acids is 2. The summed E-state index contributed by atoms with van der Waals surface area (Å²) in [5.74, 6) is -1.88. The number of carbonyl (C=O) groups is 2. The quantitative estimate of drug-likeness (QED) is 0.588. The molecule has 0 aliphatic carbocycles. The molecule has 0 bridgehead atoms. The summed E-state index contributed by atoms with van der Waals surface area (Å²) in [6.07, 6.45) is 5.21. The Labute approximate surface area is 158 Å². The molecule has 0 spiro atoms. The molecule has 0 saturated heterocycles. The fraction of sp³-hybridized carbons (Fsp3) is 0.444. The molecule has 2 N–H and O–H groups in total. The number of hydrogen-bond donors (Lipinski definition) is 2. The van der Waals surface area contributed by atoms with Gasteiger partial charge in [-0.05, 0) is 51.5 Å². The Hall–Kier alpha value is -2.32. The van der Waals surface area contributed by atoms with Crippen LogP contribution in [0.4, 0.5) is 0 Å². The third-order valence-electron chi connectivity index (χ3n) is 3.83. The van der Waals surface area contributed by atoms with Crippen molar-refractivity contribution in [3.05, 3.63) is 41.7 Å². The second-order valence-electron chi connectivity index (χ2n) is 6.36. The van der Waals surface area contributed by atoms with Crippen LogP contribution in [-0.4, -0.2) is 76.2 Å². The van der Waals surface area contributed by atoms with Crippen LogP contribution in [0.1, 0.15) is 17.7 Å². The lowest BCUT2D eigenvalue weighted by Crippen LogP contribution is -2.30. The maximum atomic E-state index is 9.55. The van der Waals surface area contributed by atoms with E-state index in [9.17, 15) is 9.59 Å². The first kappa shape index (κ1) is 21.7. The predicted molar refractivity (Wildman–Crippen MR) is 103 cm³/mol. The highest BCUT2D eigenvalue weighted by molar-refractivity contribution is 7.80. The summed E-state index contributed by atoms with van der Waals surface area (Å²) in [5, 5.41) is 15.6. The van der Waals surface area contributed by atoms with E-state index in [1.807, 2.05) is 12.3 Å². The van der Waals surface area contributed by atoms with Gasteiger partial charge in [0.1, 0.15) is 4.99 Å². The average Bonchev–Trinajstić information content (AvgIpc) is 2.69. The van der Waals surface area contributed by atoms with E-state index >= 15 is 0 Å². The smallest absolute Gasteiger partial charge is 0.328 e. The predicted octanol–water partition coefficient (Wildman–Crippen LogP) is 1.52. The van der Waals surface area contributed by atoms with Crippen LogP contribution in [-0.2, 0) is 16.0 Å². The third-order valence-corrected chi connectivity index (χ3v) is 4.37. The van der Waals surface area contributed by atoms with Gasteiger partial charge in [0.15, 0.2) is 0 Å². The van der Waals surface area contributed by atoms with E-state index in [-0.39, 0.29) is 0 Å². The summed E-state index contributed by atoms with van der Waals surface area (Å²) in [5.41, 5.74) is 2.30. The molecule has 0 fully saturated rings. The largest absolute Gasteiger partial charge is 0.478 e. The van der Waals surface area contributed by atoms with Gasteiger partial charge in [0.05, 0.1) is 5.69 Å². The van der Waals surface area contributed by atoms with Crippen LogP contribution in [0.3, 0.4) is 0 Å². The summed E-state index contributed by atoms with van der Waals surface area (Å²) < 4.78 is 0. The second-order valence-corrected chi connectivity index (χ2v) is 6.74. The summed E-state index contributed by atoms with van der Waals surface area (Å²) in [6.45, 7) is 2.15. The van der Waals surface area contributed by atoms with Crippen LogP contribution in [0.5, 0.6) is 0 Å². The van der Waals surface area contributed by atoms with Crippen molar-refractivity contribution in [2.75, 3.05) is 34.2 Å². The fourth-order valence-corrected chi connectivity index (χ4v) is 2.85. The Morgan fingerprint density at radius 2 is 1.96 bits per heavy atom. The van der Waals surface area contributed by atoms with E-state index in [0.29, 0.717) is 18.1 Å². The van der Waals surface area contributed by atoms with E-state index < -0.39 is 11.9 Å². The molecule has 0 radical (unpaired) electrons. The van der Waals surface area contributed by atoms with Gasteiger partial charge in [0.25, 0.3) is 0 Å². The average molecular weight is 379 g/mol. The van der Waals surface area contributed by atoms with Crippen molar-refractivity contribution in [1.29, 1.82) is 0 Å². The first-order valence-corrected chi connectivity index (χ1v) is 8.59. The maximum Gasteiger partial charge on any atom is 0.328 e. The molecule has 8 heteroatoms. The number of aliphatic carboxylic acids is 2. The Morgan fingerprint density at radius 1 is 1.35 bits per heavy atom. The molecule has 1 aliphatic heterocycles. The SMILES string of the molecule is CN(C)CCC1Cc2ncccc2C(=S)N(C)C1.O=C(O)/C=C/C(=O)O. The molecule has 1 aromatic heterocycles. The summed E-state index contributed by atoms with van der Waals surface area (Å²) in [4.78, 5) is 29.0. The normalized spacial score (nSPS) is 16.7. The van der Waals surface area contributed by atoms with Crippen LogP contribution >= 0.6 is 12.2 Å². The van der Waals surface area contributed by atoms with Crippen molar-refractivity contribution in [1.82, 2.24) is 14.8 Å². The van der Waals surface area contributed by atoms with E-state index in [4.69, 9.17) is 22.4 Å². The highest BCUT2D eigenvalue weighted by atomic mass is 32.1. The van der Waals surface area contributed by atoms with Crippen molar-refractivity contribution in [3.63, 3.8) is 0 Å². The number of fused-ring (bicyclic) bond motifs is 1. The highest BCUT2D eigenvalue weighted by Crippen LogP contribution is 2.22. The first-order valence-electron chi connectivity index (χ1n) is 8.18. The Kier molecular flexibility index (Phi) is 8.87. The molecular formula is C18H25N3O4S. The zero-order valence-electron chi connectivity index (χ0n) is 15.3. The number of pyridine rings is 1. The van der Waals surface area contributed by atoms with Gasteiger partial charge in [-0.1, -0.05) is 12.2 Å². The number of carboxylic acid groups (broad SMARTS) is 2. The van der Waals surface area contributed by atoms with E-state index in [2.05, 4.69) is 42.0 Å². The van der Waals surface area contributed by atoms with Gasteiger partial charge in [-0.3, -0.25) is 4.98 Å². The Balaban J connectivity index is 0.000000359. The van der Waals surface area contributed by atoms with E-state index in [1.54, 1.807) is 0 Å². The third kappa shape index (κ3) is 7.71. The number of thiocarbonyl (C=S) groups is 1. The van der Waals surface area contributed by atoms with Crippen LogP contribution in [0.15, 0.2) is 30.5 Å². The molecule has 2 heterocycles. The second kappa shape index (κ2) is 10.6. The first-order chi connectivity index (χ1) is 12.2. The van der Waals surface area contributed by atoms with Crippen molar-refractivity contribution < 1.29 is 19.8 Å². The molecule has 0 aromatic carbocycles. The van der Waals surface area contributed by atoms with Crippen molar-refractivity contribution >= 4 is 29.1 Å². The van der Waals surface area contributed by atoms with Gasteiger partial charge in [0.2, 0.25) is 0 Å². The van der Waals surface area contributed by atoms with Crippen molar-refractivity contribution in [2.24, 2.45) is 5.92 Å². The minimum atomic E-state index is -1.26. The minimum absolute atomic E-state index is 0.558. The monoisotopic (exact) mass is 379 g/mol. The van der Waals surface area contributed by atoms with Crippen molar-refractivity contribution in [3.8, 4) is 0 Å². The molecule has 1 aliphatic rings. The zero-order valence-corrected chi connectivity index (χ0v) is 16.1. The van der Waals surface area contributed by atoms with Crippen LogP contribution < -0.4 is 0 Å². The number of rotatable bonds is 5. The molecule has 1 atom stereocenters. The highest BCUT2D eigenvalue weighted by Gasteiger charge is 2.23. The number of nitrogens with zero attached hydrogens (tertiary/aromatic N) is 3. The van der Waals surface area contributed by atoms with Gasteiger partial charge in [0, 0.05) is 37.5 Å². The van der Waals surface area contributed by atoms with Crippen LogP contribution in [0, 0.1) is 5.92 Å². The molecule has 2 rings (SSSR count). The summed E-state index contributed by atoms with van der Waals surface area (Å²) >= 11 is 5.53. The van der Waals surface area contributed by atoms with Gasteiger partial charge < -0.3 is 20.0 Å². The summed E-state index contributed by atoms with van der Waals surface area (Å²) in [7, 11) is 6.33. The zero-order chi connectivity index (χ0) is 19.7. The lowest BCUT2D eigenvalue weighted by molar-refractivity contribution is -0.134. The number of aromatic nitrogens is 1.